The Balaban J connectivity index is 1.58. The Bertz CT molecular complexity index is 1020. The van der Waals surface area contributed by atoms with Crippen LogP contribution in [-0.2, 0) is 13.0 Å². The van der Waals surface area contributed by atoms with Crippen LogP contribution in [0, 0.1) is 6.92 Å². The summed E-state index contributed by atoms with van der Waals surface area (Å²) in [5.41, 5.74) is 4.90. The number of hydrogen-bond donors (Lipinski definition) is 0. The number of nitrogens with zero attached hydrogens (tertiary/aromatic N) is 5. The highest BCUT2D eigenvalue weighted by atomic mass is 16.5. The maximum atomic E-state index is 5.10. The molecular weight excluding hydrogens is 326 g/mol. The Labute approximate surface area is 151 Å². The first-order valence-corrected chi connectivity index (χ1v) is 8.58. The summed E-state index contributed by atoms with van der Waals surface area (Å²) in [6.07, 6.45) is 6.63. The van der Waals surface area contributed by atoms with Gasteiger partial charge in [-0.1, -0.05) is 30.3 Å². The maximum Gasteiger partial charge on any atom is 0.159 e. The molecule has 0 N–H and O–H groups in total. The fourth-order valence-corrected chi connectivity index (χ4v) is 2.77. The molecule has 26 heavy (non-hydrogen) atoms. The maximum absolute atomic E-state index is 5.10. The average Bonchev–Trinajstić information content (AvgIpc) is 3.31. The topological polar surface area (TPSA) is 69.6 Å². The molecule has 0 atom stereocenters. The molecule has 0 saturated heterocycles. The van der Waals surface area contributed by atoms with E-state index in [1.807, 2.05) is 60.5 Å². The molecule has 4 rings (SSSR count). The van der Waals surface area contributed by atoms with E-state index in [2.05, 4.69) is 33.2 Å². The van der Waals surface area contributed by atoms with E-state index in [0.29, 0.717) is 6.54 Å². The van der Waals surface area contributed by atoms with E-state index in [4.69, 9.17) is 4.52 Å². The first-order valence-electron chi connectivity index (χ1n) is 8.58. The number of aryl methyl sites for hydroxylation is 2. The quantitative estimate of drug-likeness (QED) is 0.548. The second-order valence-corrected chi connectivity index (χ2v) is 6.18. The molecule has 6 nitrogen and oxygen atoms in total. The van der Waals surface area contributed by atoms with Crippen LogP contribution in [0.4, 0.5) is 0 Å². The van der Waals surface area contributed by atoms with Crippen LogP contribution in [0.1, 0.15) is 23.9 Å². The zero-order valence-electron chi connectivity index (χ0n) is 14.8. The van der Waals surface area contributed by atoms with Gasteiger partial charge in [0, 0.05) is 35.8 Å². The molecule has 0 radical (unpaired) electrons. The largest absolute Gasteiger partial charge is 0.361 e. The van der Waals surface area contributed by atoms with Crippen LogP contribution >= 0.6 is 0 Å². The Morgan fingerprint density at radius 3 is 2.58 bits per heavy atom. The van der Waals surface area contributed by atoms with Crippen molar-refractivity contribution >= 4 is 0 Å². The second-order valence-electron chi connectivity index (χ2n) is 6.18. The van der Waals surface area contributed by atoms with Crippen molar-refractivity contribution in [3.05, 3.63) is 72.0 Å². The summed E-state index contributed by atoms with van der Waals surface area (Å²) in [4.78, 5) is 8.93. The molecule has 0 unspecified atom stereocenters. The van der Waals surface area contributed by atoms with Crippen LogP contribution in [0.5, 0.6) is 0 Å². The molecule has 0 spiro atoms. The summed E-state index contributed by atoms with van der Waals surface area (Å²) in [5, 5.41) is 8.65. The van der Waals surface area contributed by atoms with E-state index in [1.165, 1.54) is 0 Å². The smallest absolute Gasteiger partial charge is 0.159 e. The number of hydrogen-bond acceptors (Lipinski definition) is 5. The standard InChI is InChI=1S/C20H19N5O/c1-3-15-11-21-20(22-12-15)17-6-4-5-16(10-17)19-7-8-25(23-19)13-18-9-14(2)26-24-18/h4-12H,3,13H2,1-2H3. The normalized spacial score (nSPS) is 11.0. The van der Waals surface area contributed by atoms with Crippen molar-refractivity contribution in [1.82, 2.24) is 24.9 Å². The van der Waals surface area contributed by atoms with Gasteiger partial charge in [0.05, 0.1) is 12.2 Å². The Morgan fingerprint density at radius 1 is 1.04 bits per heavy atom. The molecule has 0 aliphatic carbocycles. The van der Waals surface area contributed by atoms with Crippen LogP contribution in [0.25, 0.3) is 22.6 Å². The molecule has 4 aromatic rings. The molecule has 3 aromatic heterocycles. The zero-order valence-corrected chi connectivity index (χ0v) is 14.8. The van der Waals surface area contributed by atoms with Gasteiger partial charge in [0.2, 0.25) is 0 Å². The summed E-state index contributed by atoms with van der Waals surface area (Å²) in [6, 6.07) is 12.0. The lowest BCUT2D eigenvalue weighted by Crippen LogP contribution is -2.00. The van der Waals surface area contributed by atoms with E-state index in [-0.39, 0.29) is 0 Å². The lowest BCUT2D eigenvalue weighted by molar-refractivity contribution is 0.388. The van der Waals surface area contributed by atoms with Crippen LogP contribution in [0.3, 0.4) is 0 Å². The van der Waals surface area contributed by atoms with Crippen molar-refractivity contribution in [1.29, 1.82) is 0 Å². The fraction of sp³-hybridized carbons (Fsp3) is 0.200. The van der Waals surface area contributed by atoms with Gasteiger partial charge in [-0.3, -0.25) is 4.68 Å². The van der Waals surface area contributed by atoms with Gasteiger partial charge in [-0.15, -0.1) is 0 Å². The summed E-state index contributed by atoms with van der Waals surface area (Å²) in [6.45, 7) is 4.56. The SMILES string of the molecule is CCc1cnc(-c2cccc(-c3ccn(Cc4cc(C)on4)n3)c2)nc1. The van der Waals surface area contributed by atoms with Crippen LogP contribution in [0.15, 0.2) is 59.5 Å². The van der Waals surface area contributed by atoms with E-state index < -0.39 is 0 Å². The third-order valence-corrected chi connectivity index (χ3v) is 4.17. The second kappa shape index (κ2) is 6.92. The predicted molar refractivity (Wildman–Crippen MR) is 98.4 cm³/mol. The fourth-order valence-electron chi connectivity index (χ4n) is 2.77. The number of rotatable bonds is 5. The van der Waals surface area contributed by atoms with Gasteiger partial charge < -0.3 is 4.52 Å². The number of aromatic nitrogens is 5. The van der Waals surface area contributed by atoms with E-state index in [9.17, 15) is 0 Å². The highest BCUT2D eigenvalue weighted by Crippen LogP contribution is 2.23. The monoisotopic (exact) mass is 345 g/mol. The molecule has 0 aliphatic heterocycles. The molecular formula is C20H19N5O. The summed E-state index contributed by atoms with van der Waals surface area (Å²) in [7, 11) is 0. The van der Waals surface area contributed by atoms with Crippen molar-refractivity contribution in [2.24, 2.45) is 0 Å². The Morgan fingerprint density at radius 2 is 1.85 bits per heavy atom. The van der Waals surface area contributed by atoms with Gasteiger partial charge in [0.25, 0.3) is 0 Å². The Hall–Kier alpha value is -3.28. The summed E-state index contributed by atoms with van der Waals surface area (Å²) in [5.74, 6) is 1.52. The van der Waals surface area contributed by atoms with Crippen molar-refractivity contribution in [2.45, 2.75) is 26.8 Å². The molecule has 0 bridgehead atoms. The van der Waals surface area contributed by atoms with Gasteiger partial charge in [0.15, 0.2) is 5.82 Å². The molecule has 0 fully saturated rings. The first kappa shape index (κ1) is 16.2. The van der Waals surface area contributed by atoms with E-state index in [1.54, 1.807) is 0 Å². The highest BCUT2D eigenvalue weighted by molar-refractivity contribution is 5.67. The van der Waals surface area contributed by atoms with Crippen molar-refractivity contribution in [3.63, 3.8) is 0 Å². The number of benzene rings is 1. The minimum absolute atomic E-state index is 0.582. The van der Waals surface area contributed by atoms with Gasteiger partial charge >= 0.3 is 0 Å². The molecule has 3 heterocycles. The van der Waals surface area contributed by atoms with Crippen molar-refractivity contribution < 1.29 is 4.52 Å². The van der Waals surface area contributed by atoms with Crippen LogP contribution < -0.4 is 0 Å². The average molecular weight is 345 g/mol. The van der Waals surface area contributed by atoms with E-state index in [0.717, 1.165) is 46.1 Å². The van der Waals surface area contributed by atoms with Gasteiger partial charge in [-0.25, -0.2) is 9.97 Å². The van der Waals surface area contributed by atoms with E-state index >= 15 is 0 Å². The van der Waals surface area contributed by atoms with Crippen molar-refractivity contribution in [2.75, 3.05) is 0 Å². The first-order chi connectivity index (χ1) is 12.7. The zero-order chi connectivity index (χ0) is 17.9. The Kier molecular flexibility index (Phi) is 4.31. The van der Waals surface area contributed by atoms with Gasteiger partial charge in [-0.2, -0.15) is 5.10 Å². The lowest BCUT2D eigenvalue weighted by Gasteiger charge is -2.04. The van der Waals surface area contributed by atoms with Crippen LogP contribution in [0.2, 0.25) is 0 Å². The van der Waals surface area contributed by atoms with Gasteiger partial charge in [-0.05, 0) is 31.0 Å². The highest BCUT2D eigenvalue weighted by Gasteiger charge is 2.08. The molecule has 6 heteroatoms. The van der Waals surface area contributed by atoms with Crippen molar-refractivity contribution in [3.8, 4) is 22.6 Å². The molecule has 0 aliphatic rings. The molecule has 0 saturated carbocycles. The third-order valence-electron chi connectivity index (χ3n) is 4.17. The molecule has 130 valence electrons. The minimum Gasteiger partial charge on any atom is -0.361 e. The lowest BCUT2D eigenvalue weighted by atomic mass is 10.1. The van der Waals surface area contributed by atoms with Gasteiger partial charge in [0.1, 0.15) is 11.5 Å². The van der Waals surface area contributed by atoms with Crippen LogP contribution in [-0.4, -0.2) is 24.9 Å². The minimum atomic E-state index is 0.582. The summed E-state index contributed by atoms with van der Waals surface area (Å²) >= 11 is 0. The molecule has 1 aromatic carbocycles. The summed E-state index contributed by atoms with van der Waals surface area (Å²) < 4.78 is 6.96. The third kappa shape index (κ3) is 3.39. The predicted octanol–water partition coefficient (Wildman–Crippen LogP) is 3.91. The molecule has 0 amide bonds.